The fraction of sp³-hybridized carbons (Fsp3) is 0.833. The lowest BCUT2D eigenvalue weighted by Gasteiger charge is -2.26. The van der Waals surface area contributed by atoms with E-state index in [2.05, 4.69) is 10.6 Å². The Balaban J connectivity index is 0. The molecule has 0 aromatic carbocycles. The van der Waals surface area contributed by atoms with Crippen LogP contribution in [-0.2, 0) is 14.3 Å². The Labute approximate surface area is 157 Å². The largest absolute Gasteiger partial charge is 0.444 e. The van der Waals surface area contributed by atoms with Crippen LogP contribution in [0.3, 0.4) is 0 Å². The van der Waals surface area contributed by atoms with Gasteiger partial charge >= 0.3 is 12.2 Å². The molecule has 2 amide bonds. The summed E-state index contributed by atoms with van der Waals surface area (Å²) in [7, 11) is 0. The van der Waals surface area contributed by atoms with Crippen molar-refractivity contribution >= 4 is 18.5 Å². The summed E-state index contributed by atoms with van der Waals surface area (Å²) in [6.07, 6.45) is -0.423. The molecule has 0 saturated carbocycles. The van der Waals surface area contributed by atoms with Gasteiger partial charge in [-0.15, -0.1) is 0 Å². The number of aldehydes is 1. The Morgan fingerprint density at radius 3 is 1.42 bits per heavy atom. The molecule has 3 N–H and O–H groups in total. The Bertz CT molecular complexity index is 473. The Kier molecular flexibility index (Phi) is 9.90. The Morgan fingerprint density at radius 1 is 0.808 bits per heavy atom. The number of rotatable bonds is 4. The lowest BCUT2D eigenvalue weighted by atomic mass is 10.1. The summed E-state index contributed by atoms with van der Waals surface area (Å²) in [5.74, 6) is 0. The fourth-order valence-electron chi connectivity index (χ4n) is 1.22. The molecule has 0 unspecified atom stereocenters. The summed E-state index contributed by atoms with van der Waals surface area (Å²) < 4.78 is 9.98. The van der Waals surface area contributed by atoms with Crippen molar-refractivity contribution in [1.82, 2.24) is 10.6 Å². The lowest BCUT2D eigenvalue weighted by molar-refractivity contribution is -0.112. The van der Waals surface area contributed by atoms with Crippen molar-refractivity contribution < 1.29 is 29.0 Å². The van der Waals surface area contributed by atoms with Crippen molar-refractivity contribution in [3.05, 3.63) is 0 Å². The van der Waals surface area contributed by atoms with Crippen LogP contribution in [0, 0.1) is 0 Å². The molecule has 0 aromatic rings. The van der Waals surface area contributed by atoms with Gasteiger partial charge in [-0.3, -0.25) is 0 Å². The third kappa shape index (κ3) is 17.0. The first kappa shape index (κ1) is 26.4. The van der Waals surface area contributed by atoms with Crippen LogP contribution in [0.4, 0.5) is 9.59 Å². The number of carbonyl (C=O) groups is 3. The minimum Gasteiger partial charge on any atom is -0.444 e. The second-order valence-electron chi connectivity index (χ2n) is 9.14. The number of aliphatic hydroxyl groups is 1. The highest BCUT2D eigenvalue weighted by atomic mass is 16.6. The molecule has 8 nitrogen and oxygen atoms in total. The Hall–Kier alpha value is -1.83. The lowest BCUT2D eigenvalue weighted by Crippen LogP contribution is -2.48. The molecule has 0 aliphatic rings. The van der Waals surface area contributed by atoms with Crippen LogP contribution < -0.4 is 10.6 Å². The number of hydrogen-bond donors (Lipinski definition) is 3. The van der Waals surface area contributed by atoms with Gasteiger partial charge in [0.15, 0.2) is 0 Å². The summed E-state index contributed by atoms with van der Waals surface area (Å²) in [5.41, 5.74) is -2.55. The number of alkyl carbamates (subject to hydrolysis) is 2. The summed E-state index contributed by atoms with van der Waals surface area (Å²) in [6, 6.07) is 0. The molecule has 0 aliphatic carbocycles. The van der Waals surface area contributed by atoms with Gasteiger partial charge in [0.2, 0.25) is 0 Å². The summed E-state index contributed by atoms with van der Waals surface area (Å²) in [6.45, 7) is 17.2. The predicted octanol–water partition coefficient (Wildman–Crippen LogP) is 2.77. The number of aliphatic hydroxyl groups excluding tert-OH is 1. The minimum atomic E-state index is -0.873. The van der Waals surface area contributed by atoms with E-state index in [1.807, 2.05) is 0 Å². The molecule has 154 valence electrons. The smallest absolute Gasteiger partial charge is 0.408 e. The molecule has 0 saturated heterocycles. The Morgan fingerprint density at radius 2 is 1.15 bits per heavy atom. The normalized spacial score (nSPS) is 12.3. The zero-order chi connectivity index (χ0) is 21.4. The zero-order valence-corrected chi connectivity index (χ0v) is 17.8. The van der Waals surface area contributed by atoms with Gasteiger partial charge in [-0.2, -0.15) is 0 Å². The first-order valence-corrected chi connectivity index (χ1v) is 8.42. The third-order valence-electron chi connectivity index (χ3n) is 2.35. The molecule has 0 radical (unpaired) electrons. The van der Waals surface area contributed by atoms with Gasteiger partial charge in [0, 0.05) is 0 Å². The van der Waals surface area contributed by atoms with Gasteiger partial charge < -0.3 is 30.0 Å². The third-order valence-corrected chi connectivity index (χ3v) is 2.35. The number of nitrogens with one attached hydrogen (secondary N) is 2. The number of hydrogen-bond acceptors (Lipinski definition) is 6. The van der Waals surface area contributed by atoms with E-state index in [-0.39, 0.29) is 6.61 Å². The van der Waals surface area contributed by atoms with Crippen LogP contribution in [0.1, 0.15) is 69.2 Å². The zero-order valence-electron chi connectivity index (χ0n) is 17.8. The molecular formula is C18H36N2O6. The molecule has 0 fully saturated rings. The maximum atomic E-state index is 11.2. The topological polar surface area (TPSA) is 114 Å². The molecule has 0 bridgehead atoms. The standard InChI is InChI=1S/C9H19NO3.C9H17NO3/c2*1-8(2,3)13-7(12)10-9(4,5)6-11/h11H,6H2,1-5H3,(H,10,12);6H,1-5H3,(H,10,12). The maximum absolute atomic E-state index is 11.2. The monoisotopic (exact) mass is 376 g/mol. The SMILES string of the molecule is CC(C)(C=O)NC(=O)OC(C)(C)C.CC(C)(CO)NC(=O)OC(C)(C)C. The van der Waals surface area contributed by atoms with Gasteiger partial charge in [-0.05, 0) is 69.2 Å². The van der Waals surface area contributed by atoms with Crippen molar-refractivity contribution in [2.45, 2.75) is 91.5 Å². The molecule has 0 aliphatic heterocycles. The molecule has 0 aromatic heterocycles. The van der Waals surface area contributed by atoms with Gasteiger partial charge in [0.25, 0.3) is 0 Å². The van der Waals surface area contributed by atoms with Crippen molar-refractivity contribution in [3.63, 3.8) is 0 Å². The van der Waals surface area contributed by atoms with Gasteiger partial charge in [-0.25, -0.2) is 9.59 Å². The van der Waals surface area contributed by atoms with Crippen molar-refractivity contribution in [2.75, 3.05) is 6.61 Å². The second kappa shape index (κ2) is 9.75. The number of ether oxygens (including phenoxy) is 2. The average molecular weight is 376 g/mol. The van der Waals surface area contributed by atoms with Gasteiger partial charge in [-0.1, -0.05) is 0 Å². The second-order valence-corrected chi connectivity index (χ2v) is 9.14. The van der Waals surface area contributed by atoms with Crippen LogP contribution in [0.15, 0.2) is 0 Å². The number of carbonyl (C=O) groups excluding carboxylic acids is 3. The van der Waals surface area contributed by atoms with Gasteiger partial charge in [0.05, 0.1) is 17.7 Å². The van der Waals surface area contributed by atoms with E-state index in [9.17, 15) is 14.4 Å². The highest BCUT2D eigenvalue weighted by Crippen LogP contribution is 2.09. The summed E-state index contributed by atoms with van der Waals surface area (Å²) in [4.78, 5) is 32.8. The van der Waals surface area contributed by atoms with E-state index in [0.717, 1.165) is 0 Å². The van der Waals surface area contributed by atoms with Crippen LogP contribution in [0.25, 0.3) is 0 Å². The number of amides is 2. The van der Waals surface area contributed by atoms with E-state index in [0.29, 0.717) is 6.29 Å². The average Bonchev–Trinajstić information content (AvgIpc) is 2.33. The van der Waals surface area contributed by atoms with Crippen LogP contribution in [0.2, 0.25) is 0 Å². The maximum Gasteiger partial charge on any atom is 0.408 e. The summed E-state index contributed by atoms with van der Waals surface area (Å²) >= 11 is 0. The van der Waals surface area contributed by atoms with Crippen LogP contribution in [-0.4, -0.2) is 52.5 Å². The molecule has 8 heteroatoms. The first-order chi connectivity index (χ1) is 11.3. The highest BCUT2D eigenvalue weighted by molar-refractivity contribution is 5.75. The van der Waals surface area contributed by atoms with Crippen molar-refractivity contribution in [1.29, 1.82) is 0 Å². The predicted molar refractivity (Wildman–Crippen MR) is 100 cm³/mol. The van der Waals surface area contributed by atoms with E-state index >= 15 is 0 Å². The van der Waals surface area contributed by atoms with Crippen LogP contribution >= 0.6 is 0 Å². The van der Waals surface area contributed by atoms with E-state index < -0.39 is 34.5 Å². The summed E-state index contributed by atoms with van der Waals surface area (Å²) in [5, 5.41) is 13.9. The fourth-order valence-corrected chi connectivity index (χ4v) is 1.22. The van der Waals surface area contributed by atoms with E-state index in [1.54, 1.807) is 69.2 Å². The van der Waals surface area contributed by atoms with E-state index in [4.69, 9.17) is 14.6 Å². The molecule has 0 spiro atoms. The first-order valence-electron chi connectivity index (χ1n) is 8.42. The molecule has 0 heterocycles. The molecule has 0 rings (SSSR count). The molecule has 26 heavy (non-hydrogen) atoms. The highest BCUT2D eigenvalue weighted by Gasteiger charge is 2.24. The van der Waals surface area contributed by atoms with Crippen molar-refractivity contribution in [3.8, 4) is 0 Å². The van der Waals surface area contributed by atoms with E-state index in [1.165, 1.54) is 0 Å². The van der Waals surface area contributed by atoms with Crippen LogP contribution in [0.5, 0.6) is 0 Å². The molecular weight excluding hydrogens is 340 g/mol. The minimum absolute atomic E-state index is 0.119. The van der Waals surface area contributed by atoms with Gasteiger partial charge in [0.1, 0.15) is 17.5 Å². The quantitative estimate of drug-likeness (QED) is 0.650. The van der Waals surface area contributed by atoms with Crippen molar-refractivity contribution in [2.24, 2.45) is 0 Å². The molecule has 0 atom stereocenters.